The van der Waals surface area contributed by atoms with Crippen molar-refractivity contribution in [2.24, 2.45) is 12.1 Å². The minimum absolute atomic E-state index is 0.431. The van der Waals surface area contributed by atoms with E-state index < -0.39 is 6.23 Å². The maximum absolute atomic E-state index is 10.4. The van der Waals surface area contributed by atoms with E-state index in [-0.39, 0.29) is 0 Å². The zero-order chi connectivity index (χ0) is 15.1. The highest BCUT2D eigenvalue weighted by Gasteiger charge is 2.30. The summed E-state index contributed by atoms with van der Waals surface area (Å²) in [5.41, 5.74) is 3.43. The molecule has 6 nitrogen and oxygen atoms in total. The number of hydrogen-bond acceptors (Lipinski definition) is 5. The molecule has 3 heterocycles. The Kier molecular flexibility index (Phi) is 2.90. The van der Waals surface area contributed by atoms with Crippen molar-refractivity contribution in [2.75, 3.05) is 5.01 Å². The van der Waals surface area contributed by atoms with Gasteiger partial charge < -0.3 is 9.67 Å². The van der Waals surface area contributed by atoms with E-state index in [0.29, 0.717) is 12.4 Å². The predicted molar refractivity (Wildman–Crippen MR) is 84.6 cm³/mol. The summed E-state index contributed by atoms with van der Waals surface area (Å²) < 4.78 is 1.93. The lowest BCUT2D eigenvalue weighted by atomic mass is 10.2. The second-order valence-electron chi connectivity index (χ2n) is 5.25. The number of pyridine rings is 1. The number of hydrogen-bond donors (Lipinski definition) is 1. The second kappa shape index (κ2) is 4.92. The Labute approximate surface area is 127 Å². The molecule has 0 spiro atoms. The smallest absolute Gasteiger partial charge is 0.229 e. The SMILES string of the molecule is Cn1c(N2N=C(c3ccccn3)CC2O)nc2ccccc21. The standard InChI is InChI=1S/C16H15N5O/c1-20-14-8-3-2-7-12(14)18-16(20)21-15(22)10-13(19-21)11-6-4-5-9-17-11/h2-9,15,22H,10H2,1H3. The van der Waals surface area contributed by atoms with Crippen molar-refractivity contribution in [1.29, 1.82) is 0 Å². The van der Waals surface area contributed by atoms with Crippen LogP contribution in [-0.2, 0) is 7.05 Å². The monoisotopic (exact) mass is 293 g/mol. The molecule has 1 atom stereocenters. The van der Waals surface area contributed by atoms with Gasteiger partial charge in [0.05, 0.1) is 22.4 Å². The van der Waals surface area contributed by atoms with Crippen LogP contribution in [0.15, 0.2) is 53.8 Å². The van der Waals surface area contributed by atoms with Crippen molar-refractivity contribution in [1.82, 2.24) is 14.5 Å². The molecule has 1 N–H and O–H groups in total. The molecule has 0 radical (unpaired) electrons. The Morgan fingerprint density at radius 3 is 2.73 bits per heavy atom. The Morgan fingerprint density at radius 1 is 1.14 bits per heavy atom. The molecule has 1 unspecified atom stereocenters. The molecule has 2 aromatic heterocycles. The van der Waals surface area contributed by atoms with Crippen LogP contribution in [0.3, 0.4) is 0 Å². The van der Waals surface area contributed by atoms with Gasteiger partial charge in [-0.1, -0.05) is 18.2 Å². The van der Waals surface area contributed by atoms with Crippen LogP contribution < -0.4 is 5.01 Å². The summed E-state index contributed by atoms with van der Waals surface area (Å²) in [6, 6.07) is 13.5. The maximum atomic E-state index is 10.4. The fourth-order valence-corrected chi connectivity index (χ4v) is 2.70. The molecular weight excluding hydrogens is 278 g/mol. The fraction of sp³-hybridized carbons (Fsp3) is 0.188. The normalized spacial score (nSPS) is 18.0. The number of aromatic nitrogens is 3. The molecule has 0 saturated carbocycles. The van der Waals surface area contributed by atoms with Crippen LogP contribution in [0.2, 0.25) is 0 Å². The van der Waals surface area contributed by atoms with Gasteiger partial charge in [-0.25, -0.2) is 9.99 Å². The molecule has 1 aromatic carbocycles. The first-order valence-electron chi connectivity index (χ1n) is 7.11. The Bertz CT molecular complexity index is 855. The number of hydrazone groups is 1. The number of nitrogens with zero attached hydrogens (tertiary/aromatic N) is 5. The Morgan fingerprint density at radius 2 is 1.95 bits per heavy atom. The van der Waals surface area contributed by atoms with Crippen molar-refractivity contribution in [3.05, 3.63) is 54.4 Å². The van der Waals surface area contributed by atoms with Crippen molar-refractivity contribution in [3.8, 4) is 0 Å². The van der Waals surface area contributed by atoms with Crippen LogP contribution in [0.1, 0.15) is 12.1 Å². The first-order valence-corrected chi connectivity index (χ1v) is 7.11. The third-order valence-electron chi connectivity index (χ3n) is 3.82. The summed E-state index contributed by atoms with van der Waals surface area (Å²) in [5.74, 6) is 0.625. The van der Waals surface area contributed by atoms with E-state index in [1.165, 1.54) is 0 Å². The number of aliphatic hydroxyl groups excluding tert-OH is 1. The van der Waals surface area contributed by atoms with E-state index in [0.717, 1.165) is 22.4 Å². The lowest BCUT2D eigenvalue weighted by Crippen LogP contribution is -2.27. The molecule has 4 rings (SSSR count). The van der Waals surface area contributed by atoms with Crippen LogP contribution in [0, 0.1) is 0 Å². The molecule has 110 valence electrons. The summed E-state index contributed by atoms with van der Waals surface area (Å²) in [4.78, 5) is 8.87. The predicted octanol–water partition coefficient (Wildman–Crippen LogP) is 1.90. The largest absolute Gasteiger partial charge is 0.371 e. The van der Waals surface area contributed by atoms with Crippen LogP contribution >= 0.6 is 0 Å². The first kappa shape index (κ1) is 13.0. The summed E-state index contributed by atoms with van der Waals surface area (Å²) in [6.45, 7) is 0. The van der Waals surface area contributed by atoms with Crippen LogP contribution in [0.5, 0.6) is 0 Å². The Balaban J connectivity index is 1.78. The number of para-hydroxylation sites is 2. The van der Waals surface area contributed by atoms with E-state index in [1.54, 1.807) is 11.2 Å². The molecule has 0 amide bonds. The summed E-state index contributed by atoms with van der Waals surface area (Å²) in [6.07, 6.45) is 1.43. The quantitative estimate of drug-likeness (QED) is 0.783. The first-order chi connectivity index (χ1) is 10.7. The van der Waals surface area contributed by atoms with E-state index in [2.05, 4.69) is 15.1 Å². The number of aliphatic hydroxyl groups is 1. The number of benzene rings is 1. The molecule has 1 aliphatic heterocycles. The number of aryl methyl sites for hydroxylation is 1. The highest BCUT2D eigenvalue weighted by molar-refractivity contribution is 6.01. The van der Waals surface area contributed by atoms with Crippen molar-refractivity contribution in [3.63, 3.8) is 0 Å². The number of imidazole rings is 1. The molecule has 22 heavy (non-hydrogen) atoms. The highest BCUT2D eigenvalue weighted by atomic mass is 16.3. The second-order valence-corrected chi connectivity index (χ2v) is 5.25. The minimum atomic E-state index is -0.729. The van der Waals surface area contributed by atoms with Gasteiger partial charge in [0.2, 0.25) is 5.95 Å². The number of rotatable bonds is 2. The summed E-state index contributed by atoms with van der Waals surface area (Å²) in [7, 11) is 1.92. The zero-order valence-electron chi connectivity index (χ0n) is 12.1. The summed E-state index contributed by atoms with van der Waals surface area (Å²) in [5, 5.41) is 16.4. The molecule has 1 aliphatic rings. The van der Waals surface area contributed by atoms with Gasteiger partial charge in [0, 0.05) is 19.7 Å². The molecule has 6 heteroatoms. The average Bonchev–Trinajstić information content (AvgIpc) is 3.09. The molecule has 0 bridgehead atoms. The van der Waals surface area contributed by atoms with Gasteiger partial charge in [0.1, 0.15) is 0 Å². The van der Waals surface area contributed by atoms with E-state index in [4.69, 9.17) is 0 Å². The van der Waals surface area contributed by atoms with Gasteiger partial charge in [-0.3, -0.25) is 4.98 Å². The third kappa shape index (κ3) is 1.96. The summed E-state index contributed by atoms with van der Waals surface area (Å²) >= 11 is 0. The van der Waals surface area contributed by atoms with E-state index in [9.17, 15) is 5.11 Å². The van der Waals surface area contributed by atoms with Gasteiger partial charge in [-0.2, -0.15) is 5.10 Å². The zero-order valence-corrected chi connectivity index (χ0v) is 12.1. The Hall–Kier alpha value is -2.73. The lowest BCUT2D eigenvalue weighted by Gasteiger charge is -2.17. The highest BCUT2D eigenvalue weighted by Crippen LogP contribution is 2.27. The van der Waals surface area contributed by atoms with Gasteiger partial charge in [-0.05, 0) is 24.3 Å². The van der Waals surface area contributed by atoms with Crippen molar-refractivity contribution in [2.45, 2.75) is 12.6 Å². The van der Waals surface area contributed by atoms with Crippen LogP contribution in [0.4, 0.5) is 5.95 Å². The van der Waals surface area contributed by atoms with E-state index in [1.807, 2.05) is 54.1 Å². The molecule has 0 saturated heterocycles. The molecular formula is C16H15N5O. The molecule has 0 fully saturated rings. The number of fused-ring (bicyclic) bond motifs is 1. The van der Waals surface area contributed by atoms with Gasteiger partial charge in [-0.15, -0.1) is 0 Å². The average molecular weight is 293 g/mol. The third-order valence-corrected chi connectivity index (χ3v) is 3.82. The van der Waals surface area contributed by atoms with Gasteiger partial charge in [0.15, 0.2) is 6.23 Å². The number of anilines is 1. The molecule has 0 aliphatic carbocycles. The van der Waals surface area contributed by atoms with Crippen LogP contribution in [0.25, 0.3) is 11.0 Å². The van der Waals surface area contributed by atoms with Crippen molar-refractivity contribution < 1.29 is 5.11 Å². The van der Waals surface area contributed by atoms with Crippen molar-refractivity contribution >= 4 is 22.7 Å². The van der Waals surface area contributed by atoms with E-state index >= 15 is 0 Å². The maximum Gasteiger partial charge on any atom is 0.229 e. The minimum Gasteiger partial charge on any atom is -0.371 e. The topological polar surface area (TPSA) is 66.5 Å². The lowest BCUT2D eigenvalue weighted by molar-refractivity contribution is 0.184. The van der Waals surface area contributed by atoms with Crippen LogP contribution in [-0.4, -0.2) is 31.6 Å². The van der Waals surface area contributed by atoms with Gasteiger partial charge in [0.25, 0.3) is 0 Å². The molecule has 3 aromatic rings. The fourth-order valence-electron chi connectivity index (χ4n) is 2.70. The van der Waals surface area contributed by atoms with Gasteiger partial charge >= 0.3 is 0 Å².